The first kappa shape index (κ1) is 13.4. The summed E-state index contributed by atoms with van der Waals surface area (Å²) in [5.74, 6) is 1.10. The standard InChI is InChI=1S/C15H23NO2/c1-16-11-13-6-3-4-9-15(13,17)12-7-5-8-14(10-12)18-2/h5,7-8,10,13,16-17H,3-4,6,9,11H2,1-2H3/t13-,15?/m1/s1. The molecule has 100 valence electrons. The van der Waals surface area contributed by atoms with Gasteiger partial charge in [0.1, 0.15) is 5.75 Å². The summed E-state index contributed by atoms with van der Waals surface area (Å²) in [6, 6.07) is 7.85. The summed E-state index contributed by atoms with van der Waals surface area (Å²) in [5, 5.41) is 14.3. The number of rotatable bonds is 4. The normalized spacial score (nSPS) is 28.1. The number of hydrogen-bond donors (Lipinski definition) is 2. The molecule has 0 spiro atoms. The van der Waals surface area contributed by atoms with Gasteiger partial charge in [-0.15, -0.1) is 0 Å². The van der Waals surface area contributed by atoms with Crippen molar-refractivity contribution in [3.05, 3.63) is 29.8 Å². The molecule has 1 aliphatic carbocycles. The fourth-order valence-electron chi connectivity index (χ4n) is 3.02. The van der Waals surface area contributed by atoms with Crippen LogP contribution in [0.5, 0.6) is 5.75 Å². The lowest BCUT2D eigenvalue weighted by atomic mass is 9.71. The van der Waals surface area contributed by atoms with Crippen LogP contribution in [-0.4, -0.2) is 25.8 Å². The van der Waals surface area contributed by atoms with E-state index in [1.807, 2.05) is 31.3 Å². The molecule has 0 saturated heterocycles. The van der Waals surface area contributed by atoms with Gasteiger partial charge in [-0.1, -0.05) is 25.0 Å². The Hall–Kier alpha value is -1.06. The first-order valence-corrected chi connectivity index (χ1v) is 6.72. The summed E-state index contributed by atoms with van der Waals surface area (Å²) >= 11 is 0. The third-order valence-corrected chi connectivity index (χ3v) is 4.06. The van der Waals surface area contributed by atoms with Gasteiger partial charge in [0.2, 0.25) is 0 Å². The van der Waals surface area contributed by atoms with Gasteiger partial charge in [0, 0.05) is 12.5 Å². The van der Waals surface area contributed by atoms with Gasteiger partial charge >= 0.3 is 0 Å². The minimum atomic E-state index is -0.713. The third kappa shape index (κ3) is 2.52. The van der Waals surface area contributed by atoms with Crippen molar-refractivity contribution in [2.45, 2.75) is 31.3 Å². The molecule has 0 heterocycles. The fourth-order valence-corrected chi connectivity index (χ4v) is 3.02. The van der Waals surface area contributed by atoms with Crippen molar-refractivity contribution < 1.29 is 9.84 Å². The maximum atomic E-state index is 11.1. The highest BCUT2D eigenvalue weighted by Crippen LogP contribution is 2.42. The van der Waals surface area contributed by atoms with E-state index >= 15 is 0 Å². The number of nitrogens with one attached hydrogen (secondary N) is 1. The lowest BCUT2D eigenvalue weighted by Gasteiger charge is -2.40. The molecule has 2 atom stereocenters. The predicted molar refractivity (Wildman–Crippen MR) is 72.8 cm³/mol. The SMILES string of the molecule is CNC[C@H]1CCCCC1(O)c1cccc(OC)c1. The molecule has 1 aliphatic rings. The summed E-state index contributed by atoms with van der Waals surface area (Å²) in [5.41, 5.74) is 0.275. The van der Waals surface area contributed by atoms with Crippen molar-refractivity contribution in [3.63, 3.8) is 0 Å². The van der Waals surface area contributed by atoms with Crippen LogP contribution in [0.1, 0.15) is 31.2 Å². The zero-order valence-corrected chi connectivity index (χ0v) is 11.3. The van der Waals surface area contributed by atoms with Crippen LogP contribution in [-0.2, 0) is 5.60 Å². The highest BCUT2D eigenvalue weighted by molar-refractivity contribution is 5.33. The first-order valence-electron chi connectivity index (χ1n) is 6.72. The van der Waals surface area contributed by atoms with Gasteiger partial charge in [0.05, 0.1) is 12.7 Å². The Labute approximate surface area is 109 Å². The van der Waals surface area contributed by atoms with Crippen molar-refractivity contribution in [2.24, 2.45) is 5.92 Å². The second-order valence-corrected chi connectivity index (χ2v) is 5.16. The van der Waals surface area contributed by atoms with E-state index in [-0.39, 0.29) is 5.92 Å². The largest absolute Gasteiger partial charge is 0.497 e. The van der Waals surface area contributed by atoms with E-state index in [4.69, 9.17) is 4.74 Å². The molecule has 1 aromatic rings. The van der Waals surface area contributed by atoms with Gasteiger partial charge in [-0.3, -0.25) is 0 Å². The quantitative estimate of drug-likeness (QED) is 0.860. The third-order valence-electron chi connectivity index (χ3n) is 4.06. The molecule has 0 aliphatic heterocycles. The van der Waals surface area contributed by atoms with Crippen LogP contribution in [0.4, 0.5) is 0 Å². The Bertz CT molecular complexity index is 392. The average molecular weight is 249 g/mol. The predicted octanol–water partition coefficient (Wildman–Crippen LogP) is 2.29. The molecule has 18 heavy (non-hydrogen) atoms. The van der Waals surface area contributed by atoms with E-state index in [0.29, 0.717) is 0 Å². The summed E-state index contributed by atoms with van der Waals surface area (Å²) in [6.07, 6.45) is 4.22. The fraction of sp³-hybridized carbons (Fsp3) is 0.600. The van der Waals surface area contributed by atoms with Crippen LogP contribution in [0.3, 0.4) is 0 Å². The van der Waals surface area contributed by atoms with E-state index in [0.717, 1.165) is 37.1 Å². The van der Waals surface area contributed by atoms with Gasteiger partial charge in [-0.2, -0.15) is 0 Å². The van der Waals surface area contributed by atoms with Crippen LogP contribution >= 0.6 is 0 Å². The van der Waals surface area contributed by atoms with Gasteiger partial charge in [0.25, 0.3) is 0 Å². The zero-order chi connectivity index (χ0) is 13.0. The number of methoxy groups -OCH3 is 1. The molecule has 3 nitrogen and oxygen atoms in total. The second-order valence-electron chi connectivity index (χ2n) is 5.16. The minimum Gasteiger partial charge on any atom is -0.497 e. The highest BCUT2D eigenvalue weighted by Gasteiger charge is 2.39. The molecule has 3 heteroatoms. The number of hydrogen-bond acceptors (Lipinski definition) is 3. The maximum absolute atomic E-state index is 11.1. The minimum absolute atomic E-state index is 0.281. The molecule has 1 aromatic carbocycles. The summed E-state index contributed by atoms with van der Waals surface area (Å²) in [4.78, 5) is 0. The van der Waals surface area contributed by atoms with Gasteiger partial charge in [-0.25, -0.2) is 0 Å². The molecule has 0 bridgehead atoms. The van der Waals surface area contributed by atoms with E-state index in [1.54, 1.807) is 7.11 Å². The number of benzene rings is 1. The molecule has 1 fully saturated rings. The average Bonchev–Trinajstić information content (AvgIpc) is 2.42. The molecule has 2 rings (SSSR count). The Balaban J connectivity index is 2.30. The van der Waals surface area contributed by atoms with Crippen LogP contribution in [0.25, 0.3) is 0 Å². The van der Waals surface area contributed by atoms with Crippen molar-refractivity contribution >= 4 is 0 Å². The highest BCUT2D eigenvalue weighted by atomic mass is 16.5. The zero-order valence-electron chi connectivity index (χ0n) is 11.3. The van der Waals surface area contributed by atoms with Crippen LogP contribution in [0, 0.1) is 5.92 Å². The topological polar surface area (TPSA) is 41.5 Å². The van der Waals surface area contributed by atoms with E-state index in [1.165, 1.54) is 6.42 Å². The lowest BCUT2D eigenvalue weighted by molar-refractivity contribution is -0.0531. The van der Waals surface area contributed by atoms with E-state index in [2.05, 4.69) is 5.32 Å². The lowest BCUT2D eigenvalue weighted by Crippen LogP contribution is -2.42. The summed E-state index contributed by atoms with van der Waals surface area (Å²) < 4.78 is 5.26. The molecule has 0 amide bonds. The van der Waals surface area contributed by atoms with E-state index < -0.39 is 5.60 Å². The maximum Gasteiger partial charge on any atom is 0.119 e. The number of aliphatic hydroxyl groups is 1. The Kier molecular flexibility index (Phi) is 4.25. The monoisotopic (exact) mass is 249 g/mol. The Morgan fingerprint density at radius 2 is 2.28 bits per heavy atom. The summed E-state index contributed by atoms with van der Waals surface area (Å²) in [7, 11) is 3.61. The second kappa shape index (κ2) is 5.72. The smallest absolute Gasteiger partial charge is 0.119 e. The molecule has 2 N–H and O–H groups in total. The van der Waals surface area contributed by atoms with Gasteiger partial charge < -0.3 is 15.2 Å². The molecular weight excluding hydrogens is 226 g/mol. The molecule has 1 saturated carbocycles. The Morgan fingerprint density at radius 1 is 1.44 bits per heavy atom. The van der Waals surface area contributed by atoms with Gasteiger partial charge in [-0.05, 0) is 37.6 Å². The molecular formula is C15H23NO2. The molecule has 0 radical (unpaired) electrons. The van der Waals surface area contributed by atoms with Crippen LogP contribution in [0.15, 0.2) is 24.3 Å². The summed E-state index contributed by atoms with van der Waals surface area (Å²) in [6.45, 7) is 0.855. The first-order chi connectivity index (χ1) is 8.70. The van der Waals surface area contributed by atoms with Crippen molar-refractivity contribution in [3.8, 4) is 5.75 Å². The van der Waals surface area contributed by atoms with Crippen molar-refractivity contribution in [2.75, 3.05) is 20.7 Å². The van der Waals surface area contributed by atoms with Crippen LogP contribution in [0.2, 0.25) is 0 Å². The number of ether oxygens (including phenoxy) is 1. The Morgan fingerprint density at radius 3 is 3.00 bits per heavy atom. The van der Waals surface area contributed by atoms with Crippen LogP contribution < -0.4 is 10.1 Å². The molecule has 0 aromatic heterocycles. The van der Waals surface area contributed by atoms with E-state index in [9.17, 15) is 5.11 Å². The molecule has 1 unspecified atom stereocenters. The van der Waals surface area contributed by atoms with Gasteiger partial charge in [0.15, 0.2) is 0 Å². The van der Waals surface area contributed by atoms with Crippen molar-refractivity contribution in [1.82, 2.24) is 5.32 Å². The van der Waals surface area contributed by atoms with Crippen molar-refractivity contribution in [1.29, 1.82) is 0 Å².